The molecular weight excluding hydrogens is 592 g/mol. The summed E-state index contributed by atoms with van der Waals surface area (Å²) in [6.07, 6.45) is -0.807. The highest BCUT2D eigenvalue weighted by molar-refractivity contribution is 7.89. The van der Waals surface area contributed by atoms with Crippen molar-refractivity contribution in [2.24, 2.45) is 0 Å². The third kappa shape index (κ3) is 10.3. The van der Waals surface area contributed by atoms with Gasteiger partial charge in [-0.1, -0.05) is 18.2 Å². The number of aromatic nitrogens is 1. The number of pyridine rings is 1. The number of carboxylic acids is 1. The maximum absolute atomic E-state index is 15.1. The summed E-state index contributed by atoms with van der Waals surface area (Å²) in [5.41, 5.74) is 3.08. The van der Waals surface area contributed by atoms with Gasteiger partial charge in [0.1, 0.15) is 16.5 Å². The van der Waals surface area contributed by atoms with Crippen LogP contribution in [0.1, 0.15) is 24.1 Å². The number of halogens is 4. The van der Waals surface area contributed by atoms with E-state index >= 15 is 4.39 Å². The van der Waals surface area contributed by atoms with Gasteiger partial charge in [-0.3, -0.25) is 4.98 Å². The molecule has 0 aliphatic carbocycles. The van der Waals surface area contributed by atoms with E-state index in [-0.39, 0.29) is 11.4 Å². The molecular formula is C29H34F4N4O5S. The molecule has 14 heteroatoms. The Morgan fingerprint density at radius 2 is 1.81 bits per heavy atom. The molecule has 2 aromatic carbocycles. The van der Waals surface area contributed by atoms with Gasteiger partial charge < -0.3 is 20.1 Å². The standard InChI is InChI=1S/C27H33FN4O3S.C2HF3O2/c1-32-15-11-23(12-16-32)30-19-20-6-8-26(35-2)24(17-20)21-7-9-27(25(28)18-21)36(33,34)31-14-10-22-5-3-4-13-29-22;3-2(4,5)1(6)7/h3-9,13,17-18,23,30-31H,10-12,14-16,19H2,1-2H3;(H,6,7). The number of aliphatic carboxylic acids is 1. The fourth-order valence-corrected chi connectivity index (χ4v) is 5.48. The van der Waals surface area contributed by atoms with Crippen molar-refractivity contribution in [1.82, 2.24) is 19.9 Å². The fourth-order valence-electron chi connectivity index (χ4n) is 4.39. The number of piperidine rings is 1. The topological polar surface area (TPSA) is 121 Å². The van der Waals surface area contributed by atoms with Crippen LogP contribution in [0.4, 0.5) is 17.6 Å². The van der Waals surface area contributed by atoms with Gasteiger partial charge in [0.05, 0.1) is 7.11 Å². The zero-order valence-corrected chi connectivity index (χ0v) is 24.5. The Bertz CT molecular complexity index is 1470. The average molecular weight is 627 g/mol. The Kier molecular flexibility index (Phi) is 12.0. The summed E-state index contributed by atoms with van der Waals surface area (Å²) in [5, 5.41) is 10.7. The van der Waals surface area contributed by atoms with Crippen molar-refractivity contribution in [1.29, 1.82) is 0 Å². The summed E-state index contributed by atoms with van der Waals surface area (Å²) in [5.74, 6) is -2.97. The normalized spacial score (nSPS) is 14.6. The molecule has 2 heterocycles. The van der Waals surface area contributed by atoms with Crippen LogP contribution in [-0.2, 0) is 27.8 Å². The van der Waals surface area contributed by atoms with E-state index < -0.39 is 28.0 Å². The zero-order chi connectivity index (χ0) is 31.6. The zero-order valence-electron chi connectivity index (χ0n) is 23.7. The van der Waals surface area contributed by atoms with Crippen LogP contribution in [0, 0.1) is 5.82 Å². The van der Waals surface area contributed by atoms with Crippen molar-refractivity contribution in [2.75, 3.05) is 33.8 Å². The van der Waals surface area contributed by atoms with Gasteiger partial charge in [0.25, 0.3) is 0 Å². The maximum Gasteiger partial charge on any atom is 0.490 e. The number of methoxy groups -OCH3 is 1. The molecule has 0 saturated carbocycles. The van der Waals surface area contributed by atoms with Gasteiger partial charge in [-0.2, -0.15) is 13.2 Å². The van der Waals surface area contributed by atoms with E-state index in [1.807, 2.05) is 30.3 Å². The third-order valence-corrected chi connectivity index (χ3v) is 8.25. The van der Waals surface area contributed by atoms with Crippen LogP contribution in [-0.4, -0.2) is 75.4 Å². The summed E-state index contributed by atoms with van der Waals surface area (Å²) in [6.45, 7) is 2.98. The number of nitrogens with zero attached hydrogens (tertiary/aromatic N) is 2. The number of carbonyl (C=O) groups is 1. The lowest BCUT2D eigenvalue weighted by Gasteiger charge is -2.29. The van der Waals surface area contributed by atoms with Gasteiger partial charge in [0.2, 0.25) is 10.0 Å². The number of rotatable bonds is 10. The molecule has 1 fully saturated rings. The second-order valence-corrected chi connectivity index (χ2v) is 11.6. The number of hydrogen-bond donors (Lipinski definition) is 3. The number of alkyl halides is 3. The van der Waals surface area contributed by atoms with Crippen molar-refractivity contribution in [2.45, 2.75) is 42.9 Å². The van der Waals surface area contributed by atoms with Gasteiger partial charge in [-0.15, -0.1) is 0 Å². The summed E-state index contributed by atoms with van der Waals surface area (Å²) >= 11 is 0. The SMILES string of the molecule is COc1ccc(CNC2CCN(C)CC2)cc1-c1ccc(S(=O)(=O)NCCc2ccccn2)c(F)c1.O=C(O)C(F)(F)F. The minimum absolute atomic E-state index is 0.126. The largest absolute Gasteiger partial charge is 0.496 e. The van der Waals surface area contributed by atoms with Crippen molar-refractivity contribution in [3.05, 3.63) is 77.9 Å². The van der Waals surface area contributed by atoms with Gasteiger partial charge >= 0.3 is 12.1 Å². The molecule has 3 N–H and O–H groups in total. The Morgan fingerprint density at radius 1 is 1.12 bits per heavy atom. The van der Waals surface area contributed by atoms with E-state index in [4.69, 9.17) is 14.6 Å². The first-order chi connectivity index (χ1) is 20.3. The van der Waals surface area contributed by atoms with Crippen LogP contribution in [0.2, 0.25) is 0 Å². The molecule has 0 unspecified atom stereocenters. The fraction of sp³-hybridized carbons (Fsp3) is 0.379. The van der Waals surface area contributed by atoms with Crippen LogP contribution in [0.15, 0.2) is 65.7 Å². The van der Waals surface area contributed by atoms with Crippen LogP contribution in [0.3, 0.4) is 0 Å². The quantitative estimate of drug-likeness (QED) is 0.286. The number of hydrogen-bond acceptors (Lipinski definition) is 7. The van der Waals surface area contributed by atoms with E-state index in [0.717, 1.165) is 37.2 Å². The maximum atomic E-state index is 15.1. The van der Waals surface area contributed by atoms with Crippen LogP contribution >= 0.6 is 0 Å². The number of nitrogens with one attached hydrogen (secondary N) is 2. The molecule has 0 bridgehead atoms. The average Bonchev–Trinajstić information content (AvgIpc) is 2.97. The molecule has 4 rings (SSSR count). The second kappa shape index (κ2) is 15.2. The molecule has 0 amide bonds. The molecule has 9 nitrogen and oxygen atoms in total. The van der Waals surface area contributed by atoms with Gasteiger partial charge in [-0.25, -0.2) is 22.3 Å². The van der Waals surface area contributed by atoms with Crippen molar-refractivity contribution >= 4 is 16.0 Å². The van der Waals surface area contributed by atoms with Crippen LogP contribution in [0.5, 0.6) is 5.75 Å². The Labute approximate surface area is 247 Å². The molecule has 1 aliphatic heterocycles. The second-order valence-electron chi connectivity index (χ2n) is 9.91. The number of carboxylic acid groups (broad SMARTS) is 1. The van der Waals surface area contributed by atoms with Gasteiger partial charge in [0.15, 0.2) is 0 Å². The van der Waals surface area contributed by atoms with Crippen LogP contribution < -0.4 is 14.8 Å². The third-order valence-electron chi connectivity index (χ3n) is 6.75. The van der Waals surface area contributed by atoms with E-state index in [2.05, 4.69) is 27.0 Å². The molecule has 0 atom stereocenters. The monoisotopic (exact) mass is 626 g/mol. The predicted octanol–water partition coefficient (Wildman–Crippen LogP) is 4.23. The Morgan fingerprint density at radius 3 is 2.40 bits per heavy atom. The summed E-state index contributed by atoms with van der Waals surface area (Å²) in [6, 6.07) is 15.9. The first kappa shape index (κ1) is 33.9. The van der Waals surface area contributed by atoms with Crippen molar-refractivity contribution in [3.8, 4) is 16.9 Å². The smallest absolute Gasteiger partial charge is 0.490 e. The first-order valence-corrected chi connectivity index (χ1v) is 14.9. The summed E-state index contributed by atoms with van der Waals surface area (Å²) in [7, 11) is -0.302. The van der Waals surface area contributed by atoms with Gasteiger partial charge in [-0.05, 0) is 80.5 Å². The number of benzene rings is 2. The minimum atomic E-state index is -5.08. The molecule has 1 saturated heterocycles. The number of ether oxygens (including phenoxy) is 1. The lowest BCUT2D eigenvalue weighted by atomic mass is 10.0. The summed E-state index contributed by atoms with van der Waals surface area (Å²) in [4.78, 5) is 15.0. The molecule has 3 aromatic rings. The summed E-state index contributed by atoms with van der Waals surface area (Å²) < 4.78 is 80.2. The van der Waals surface area contributed by atoms with E-state index in [1.165, 1.54) is 12.1 Å². The highest BCUT2D eigenvalue weighted by atomic mass is 32.2. The molecule has 234 valence electrons. The number of sulfonamides is 1. The molecule has 43 heavy (non-hydrogen) atoms. The Balaban J connectivity index is 0.000000646. The lowest BCUT2D eigenvalue weighted by molar-refractivity contribution is -0.192. The highest BCUT2D eigenvalue weighted by Gasteiger charge is 2.38. The van der Waals surface area contributed by atoms with E-state index in [1.54, 1.807) is 25.4 Å². The van der Waals surface area contributed by atoms with Crippen molar-refractivity contribution < 1.29 is 40.6 Å². The highest BCUT2D eigenvalue weighted by Crippen LogP contribution is 2.33. The van der Waals surface area contributed by atoms with E-state index in [9.17, 15) is 21.6 Å². The van der Waals surface area contributed by atoms with Crippen molar-refractivity contribution in [3.63, 3.8) is 0 Å². The van der Waals surface area contributed by atoms with E-state index in [0.29, 0.717) is 35.9 Å². The predicted molar refractivity (Wildman–Crippen MR) is 153 cm³/mol. The number of likely N-dealkylation sites (tertiary alicyclic amines) is 1. The molecule has 1 aromatic heterocycles. The van der Waals surface area contributed by atoms with Crippen LogP contribution in [0.25, 0.3) is 11.1 Å². The lowest BCUT2D eigenvalue weighted by Crippen LogP contribution is -2.40. The first-order valence-electron chi connectivity index (χ1n) is 13.4. The molecule has 0 spiro atoms. The molecule has 1 aliphatic rings. The minimum Gasteiger partial charge on any atom is -0.496 e. The van der Waals surface area contributed by atoms with Gasteiger partial charge in [0, 0.05) is 43.0 Å². The Hall–Kier alpha value is -3.59. The molecule has 0 radical (unpaired) electrons.